The van der Waals surface area contributed by atoms with Crippen molar-refractivity contribution in [3.8, 4) is 106 Å². The molecular formula is C98H58S4. The van der Waals surface area contributed by atoms with Crippen molar-refractivity contribution in [2.75, 3.05) is 0 Å². The summed E-state index contributed by atoms with van der Waals surface area (Å²) >= 11 is 7.55. The lowest BCUT2D eigenvalue weighted by molar-refractivity contribution is 1.68. The first kappa shape index (κ1) is 59.0. The molecule has 0 saturated heterocycles. The highest BCUT2D eigenvalue weighted by Crippen LogP contribution is 2.52. The molecule has 0 radical (unpaired) electrons. The molecule has 21 rings (SSSR count). The maximum atomic E-state index is 2.47. The van der Waals surface area contributed by atoms with Gasteiger partial charge in [-0.05, 0) is 272 Å². The maximum absolute atomic E-state index is 2.47. The van der Waals surface area contributed by atoms with Gasteiger partial charge in [-0.25, -0.2) is 0 Å². The molecule has 0 unspecified atom stereocenters. The third-order valence-electron chi connectivity index (χ3n) is 21.1. The van der Waals surface area contributed by atoms with Crippen LogP contribution in [0.2, 0.25) is 0 Å². The number of fused-ring (bicyclic) bond motifs is 10. The molecule has 474 valence electrons. The average molecular weight is 1360 g/mol. The lowest BCUT2D eigenvalue weighted by Gasteiger charge is -2.19. The first-order valence-corrected chi connectivity index (χ1v) is 38.1. The molecule has 0 N–H and O–H groups in total. The highest BCUT2D eigenvalue weighted by Gasteiger charge is 2.23. The molecule has 0 aliphatic heterocycles. The number of hydrogen-bond donors (Lipinski definition) is 0. The van der Waals surface area contributed by atoms with Crippen molar-refractivity contribution in [1.82, 2.24) is 0 Å². The lowest BCUT2D eigenvalue weighted by Crippen LogP contribution is -1.92. The number of hydrogen-bond acceptors (Lipinski definition) is 4. The van der Waals surface area contributed by atoms with Crippen LogP contribution in [0.15, 0.2) is 352 Å². The lowest BCUT2D eigenvalue weighted by atomic mass is 9.84. The number of thiophene rings is 4. The second kappa shape index (κ2) is 23.9. The van der Waals surface area contributed by atoms with Crippen LogP contribution in [0.25, 0.3) is 214 Å². The zero-order valence-electron chi connectivity index (χ0n) is 55.1. The third-order valence-corrected chi connectivity index (χ3v) is 26.0. The van der Waals surface area contributed by atoms with Crippen LogP contribution in [0.5, 0.6) is 0 Å². The van der Waals surface area contributed by atoms with E-state index in [1.165, 1.54) is 214 Å². The van der Waals surface area contributed by atoms with E-state index in [9.17, 15) is 0 Å². The molecule has 0 bridgehead atoms. The Labute approximate surface area is 605 Å². The van der Waals surface area contributed by atoms with Crippen molar-refractivity contribution in [1.29, 1.82) is 0 Å². The van der Waals surface area contributed by atoms with Crippen molar-refractivity contribution in [2.24, 2.45) is 0 Å². The maximum Gasteiger partial charge on any atom is 0.0449 e. The van der Waals surface area contributed by atoms with Crippen molar-refractivity contribution in [3.63, 3.8) is 0 Å². The quantitative estimate of drug-likeness (QED) is 0.120. The van der Waals surface area contributed by atoms with Gasteiger partial charge in [-0.15, -0.1) is 45.3 Å². The van der Waals surface area contributed by atoms with E-state index in [1.54, 1.807) is 0 Å². The van der Waals surface area contributed by atoms with Gasteiger partial charge in [0.15, 0.2) is 0 Å². The summed E-state index contributed by atoms with van der Waals surface area (Å²) in [5, 5.41) is 25.0. The van der Waals surface area contributed by atoms with E-state index in [-0.39, 0.29) is 0 Å². The highest BCUT2D eigenvalue weighted by atomic mass is 32.1. The van der Waals surface area contributed by atoms with Gasteiger partial charge in [0.1, 0.15) is 0 Å². The largest absolute Gasteiger partial charge is 0.134 e. The molecule has 0 aliphatic carbocycles. The van der Waals surface area contributed by atoms with E-state index in [0.717, 1.165) is 0 Å². The highest BCUT2D eigenvalue weighted by molar-refractivity contribution is 7.26. The fourth-order valence-electron chi connectivity index (χ4n) is 16.2. The standard InChI is InChI=1S/C98H58S4/c1-5-19-63-51-71(33-29-59(63)15-1)95-77-25-11-13-27-79(77)97(73-35-31-61-17-3-7-21-65(61)53-73)85-57-69(37-39-81(85)95)87-43-47-91(99-87)93-49-45-89(101-93)75-41-42-76(84-56-68-24-10-9-23-67(68)55-83(75)84)90-46-50-94(102-90)92-48-44-88(100-92)70-38-40-82-86(58-70)98(74-36-32-62-18-4-8-22-66(62)54-74)80-28-14-12-26-78(80)96(82)72-34-30-60-16-2-6-20-64(60)52-72/h1-58H. The van der Waals surface area contributed by atoms with Gasteiger partial charge < -0.3 is 0 Å². The molecule has 0 amide bonds. The van der Waals surface area contributed by atoms with Crippen molar-refractivity contribution in [2.45, 2.75) is 0 Å². The summed E-state index contributed by atoms with van der Waals surface area (Å²) in [4.78, 5) is 10.1. The van der Waals surface area contributed by atoms with Gasteiger partial charge in [-0.3, -0.25) is 0 Å². The zero-order valence-corrected chi connectivity index (χ0v) is 58.4. The van der Waals surface area contributed by atoms with Crippen LogP contribution in [0.1, 0.15) is 0 Å². The van der Waals surface area contributed by atoms with Gasteiger partial charge in [0, 0.05) is 39.0 Å². The predicted octanol–water partition coefficient (Wildman–Crippen LogP) is 30.1. The van der Waals surface area contributed by atoms with Gasteiger partial charge in [0.25, 0.3) is 0 Å². The topological polar surface area (TPSA) is 0 Å². The third kappa shape index (κ3) is 9.89. The molecule has 0 fully saturated rings. The monoisotopic (exact) mass is 1360 g/mol. The number of benzene rings is 17. The average Bonchev–Trinajstić information content (AvgIpc) is 0.770. The molecule has 17 aromatic carbocycles. The van der Waals surface area contributed by atoms with Crippen molar-refractivity contribution in [3.05, 3.63) is 352 Å². The Hall–Kier alpha value is -11.9. The summed E-state index contributed by atoms with van der Waals surface area (Å²) in [7, 11) is 0. The molecule has 4 aromatic heterocycles. The van der Waals surface area contributed by atoms with Crippen LogP contribution in [0.3, 0.4) is 0 Å². The SMILES string of the molecule is c1ccc2cc(-c3c4ccccc4c(-c4ccc5ccccc5c4)c4cc(-c5ccc(-c6ccc(-c7ccc(-c8ccc(-c9ccc(-c%10ccc%11c(-c%12ccc%13ccccc%13c%12)c%12ccccc%12c(-c%12ccc%13ccccc%13c%12)c%11c%10)s9)s8)c8cc9ccccc9cc78)s6)s5)ccc34)ccc2c1. The van der Waals surface area contributed by atoms with E-state index in [4.69, 9.17) is 0 Å². The van der Waals surface area contributed by atoms with Gasteiger partial charge in [-0.2, -0.15) is 0 Å². The van der Waals surface area contributed by atoms with E-state index < -0.39 is 0 Å². The Morgan fingerprint density at radius 2 is 0.363 bits per heavy atom. The van der Waals surface area contributed by atoms with E-state index in [1.807, 2.05) is 45.3 Å². The summed E-state index contributed by atoms with van der Waals surface area (Å²) in [6.45, 7) is 0. The van der Waals surface area contributed by atoms with Gasteiger partial charge >= 0.3 is 0 Å². The fourth-order valence-corrected chi connectivity index (χ4v) is 20.5. The van der Waals surface area contributed by atoms with Gasteiger partial charge in [0.2, 0.25) is 0 Å². The summed E-state index contributed by atoms with van der Waals surface area (Å²) in [5.41, 5.74) is 14.9. The summed E-state index contributed by atoms with van der Waals surface area (Å²) < 4.78 is 0. The summed E-state index contributed by atoms with van der Waals surface area (Å²) in [5.74, 6) is 0. The van der Waals surface area contributed by atoms with E-state index in [0.29, 0.717) is 0 Å². The normalized spacial score (nSPS) is 11.9. The second-order valence-electron chi connectivity index (χ2n) is 26.9. The minimum absolute atomic E-state index is 1.22. The molecule has 0 nitrogen and oxygen atoms in total. The molecule has 4 heteroatoms. The minimum Gasteiger partial charge on any atom is -0.134 e. The van der Waals surface area contributed by atoms with Crippen LogP contribution in [-0.2, 0) is 0 Å². The molecule has 102 heavy (non-hydrogen) atoms. The first-order valence-electron chi connectivity index (χ1n) is 34.8. The first-order chi connectivity index (χ1) is 50.5. The Bertz CT molecular complexity index is 6610. The van der Waals surface area contributed by atoms with Crippen LogP contribution >= 0.6 is 45.3 Å². The zero-order chi connectivity index (χ0) is 66.9. The van der Waals surface area contributed by atoms with Gasteiger partial charge in [-0.1, -0.05) is 255 Å². The Balaban J connectivity index is 0.630. The Kier molecular flexibility index (Phi) is 13.8. The van der Waals surface area contributed by atoms with Crippen molar-refractivity contribution < 1.29 is 0 Å². The molecule has 0 aliphatic rings. The smallest absolute Gasteiger partial charge is 0.0449 e. The van der Waals surface area contributed by atoms with Crippen molar-refractivity contribution >= 4 is 153 Å². The van der Waals surface area contributed by atoms with E-state index in [2.05, 4.69) is 352 Å². The molecular weight excluding hydrogens is 1310 g/mol. The summed E-state index contributed by atoms with van der Waals surface area (Å²) in [6, 6.07) is 132. The van der Waals surface area contributed by atoms with Crippen LogP contribution in [0, 0.1) is 0 Å². The Morgan fingerprint density at radius 3 is 0.686 bits per heavy atom. The van der Waals surface area contributed by atoms with Gasteiger partial charge in [0.05, 0.1) is 0 Å². The minimum atomic E-state index is 1.22. The fraction of sp³-hybridized carbons (Fsp3) is 0. The molecule has 21 aromatic rings. The van der Waals surface area contributed by atoms with Crippen LogP contribution in [0.4, 0.5) is 0 Å². The Morgan fingerprint density at radius 1 is 0.127 bits per heavy atom. The molecule has 4 heterocycles. The molecule has 0 saturated carbocycles. The molecule has 0 spiro atoms. The summed E-state index contributed by atoms with van der Waals surface area (Å²) in [6.07, 6.45) is 0. The predicted molar refractivity (Wildman–Crippen MR) is 447 cm³/mol. The molecule has 0 atom stereocenters. The number of rotatable bonds is 10. The second-order valence-corrected chi connectivity index (χ2v) is 31.3. The van der Waals surface area contributed by atoms with Crippen LogP contribution in [-0.4, -0.2) is 0 Å². The van der Waals surface area contributed by atoms with Crippen LogP contribution < -0.4 is 0 Å². The van der Waals surface area contributed by atoms with E-state index >= 15 is 0 Å².